The summed E-state index contributed by atoms with van der Waals surface area (Å²) in [7, 11) is 0. The van der Waals surface area contributed by atoms with Gasteiger partial charge in [0.05, 0.1) is 6.61 Å². The summed E-state index contributed by atoms with van der Waals surface area (Å²) in [6.07, 6.45) is 9.37. The Balaban J connectivity index is 1.43. The van der Waals surface area contributed by atoms with Gasteiger partial charge < -0.3 is 14.6 Å². The van der Waals surface area contributed by atoms with Gasteiger partial charge >= 0.3 is 5.97 Å². The number of carbonyl (C=O) groups excluding carboxylic acids is 1. The Bertz CT molecular complexity index is 811. The van der Waals surface area contributed by atoms with E-state index in [1.165, 1.54) is 25.7 Å². The Kier molecular flexibility index (Phi) is 5.50. The number of ether oxygens (including phenoxy) is 2. The van der Waals surface area contributed by atoms with Crippen molar-refractivity contribution in [3.63, 3.8) is 0 Å². The zero-order valence-corrected chi connectivity index (χ0v) is 18.8. The van der Waals surface area contributed by atoms with Gasteiger partial charge in [0.2, 0.25) is 0 Å². The van der Waals surface area contributed by atoms with Crippen molar-refractivity contribution in [2.24, 2.45) is 28.6 Å². The fraction of sp³-hybridized carbons (Fsp3) is 0.654. The van der Waals surface area contributed by atoms with Crippen LogP contribution in [0.4, 0.5) is 0 Å². The van der Waals surface area contributed by atoms with Gasteiger partial charge in [-0.25, -0.2) is 4.79 Å². The third-order valence-corrected chi connectivity index (χ3v) is 8.75. The molecule has 1 aromatic carbocycles. The van der Waals surface area contributed by atoms with Gasteiger partial charge in [-0.2, -0.15) is 0 Å². The predicted molar refractivity (Wildman–Crippen MR) is 118 cm³/mol. The summed E-state index contributed by atoms with van der Waals surface area (Å²) in [5.74, 6) is 2.42. The van der Waals surface area contributed by atoms with Gasteiger partial charge in [0.1, 0.15) is 18.0 Å². The minimum absolute atomic E-state index is 0.00909. The Morgan fingerprint density at radius 1 is 1.13 bits per heavy atom. The Morgan fingerprint density at radius 2 is 1.87 bits per heavy atom. The molecule has 0 radical (unpaired) electrons. The molecule has 164 valence electrons. The van der Waals surface area contributed by atoms with E-state index in [1.807, 2.05) is 24.3 Å². The van der Waals surface area contributed by atoms with Crippen molar-refractivity contribution in [3.05, 3.63) is 35.9 Å². The molecular formula is C26H36O4. The van der Waals surface area contributed by atoms with Crippen LogP contribution in [0, 0.1) is 28.6 Å². The van der Waals surface area contributed by atoms with Crippen LogP contribution >= 0.6 is 0 Å². The molecule has 5 atom stereocenters. The second kappa shape index (κ2) is 7.71. The third-order valence-electron chi connectivity index (χ3n) is 8.75. The molecule has 1 spiro atoms. The van der Waals surface area contributed by atoms with Gasteiger partial charge in [0.25, 0.3) is 0 Å². The van der Waals surface area contributed by atoms with Gasteiger partial charge in [-0.05, 0) is 85.5 Å². The second-order valence-corrected chi connectivity index (χ2v) is 10.6. The zero-order chi connectivity index (χ0) is 21.6. The number of hydrogen-bond acceptors (Lipinski definition) is 4. The van der Waals surface area contributed by atoms with E-state index < -0.39 is 0 Å². The van der Waals surface area contributed by atoms with Crippen molar-refractivity contribution in [1.82, 2.24) is 0 Å². The number of esters is 1. The highest BCUT2D eigenvalue weighted by Gasteiger charge is 2.68. The lowest BCUT2D eigenvalue weighted by Crippen LogP contribution is -2.47. The number of benzene rings is 1. The fourth-order valence-electron chi connectivity index (χ4n) is 7.25. The Hall–Kier alpha value is -1.81. The minimum atomic E-state index is -0.387. The van der Waals surface area contributed by atoms with Crippen molar-refractivity contribution in [3.8, 4) is 5.75 Å². The van der Waals surface area contributed by atoms with Crippen LogP contribution in [0.5, 0.6) is 5.75 Å². The summed E-state index contributed by atoms with van der Waals surface area (Å²) in [5, 5.41) is 8.83. The predicted octanol–water partition coefficient (Wildman–Crippen LogP) is 5.25. The van der Waals surface area contributed by atoms with Crippen LogP contribution < -0.4 is 4.74 Å². The number of aliphatic hydroxyl groups is 1. The maximum atomic E-state index is 12.7. The summed E-state index contributed by atoms with van der Waals surface area (Å²) < 4.78 is 11.5. The molecule has 0 amide bonds. The quantitative estimate of drug-likeness (QED) is 0.512. The maximum Gasteiger partial charge on any atom is 0.331 e. The van der Waals surface area contributed by atoms with E-state index >= 15 is 0 Å². The van der Waals surface area contributed by atoms with Crippen LogP contribution in [0.3, 0.4) is 0 Å². The molecule has 0 saturated heterocycles. The number of rotatable bonds is 6. The molecule has 0 unspecified atom stereocenters. The third kappa shape index (κ3) is 3.47. The molecule has 0 heterocycles. The first-order valence-electron chi connectivity index (χ1n) is 11.5. The van der Waals surface area contributed by atoms with E-state index in [4.69, 9.17) is 14.6 Å². The van der Waals surface area contributed by atoms with Crippen LogP contribution in [0.1, 0.15) is 65.4 Å². The monoisotopic (exact) mass is 412 g/mol. The van der Waals surface area contributed by atoms with E-state index in [9.17, 15) is 4.79 Å². The molecule has 3 saturated carbocycles. The molecule has 3 aliphatic carbocycles. The van der Waals surface area contributed by atoms with Crippen molar-refractivity contribution >= 4 is 12.0 Å². The molecule has 1 N–H and O–H groups in total. The first-order valence-corrected chi connectivity index (χ1v) is 11.5. The maximum absolute atomic E-state index is 12.7. The van der Waals surface area contributed by atoms with Crippen LogP contribution in [0.15, 0.2) is 30.3 Å². The number of hydrogen-bond donors (Lipinski definition) is 1. The topological polar surface area (TPSA) is 55.8 Å². The Morgan fingerprint density at radius 3 is 2.57 bits per heavy atom. The normalized spacial score (nSPS) is 36.6. The molecule has 4 nitrogen and oxygen atoms in total. The van der Waals surface area contributed by atoms with Gasteiger partial charge in [-0.15, -0.1) is 0 Å². The first kappa shape index (κ1) is 21.4. The average molecular weight is 413 g/mol. The highest BCUT2D eigenvalue weighted by molar-refractivity contribution is 5.87. The van der Waals surface area contributed by atoms with E-state index in [2.05, 4.69) is 27.7 Å². The largest absolute Gasteiger partial charge is 0.491 e. The molecule has 1 aromatic rings. The minimum Gasteiger partial charge on any atom is -0.491 e. The summed E-state index contributed by atoms with van der Waals surface area (Å²) in [5.41, 5.74) is 1.21. The van der Waals surface area contributed by atoms with Crippen molar-refractivity contribution in [1.29, 1.82) is 0 Å². The zero-order valence-electron chi connectivity index (χ0n) is 18.8. The molecule has 0 aliphatic heterocycles. The summed E-state index contributed by atoms with van der Waals surface area (Å²) in [6, 6.07) is 7.46. The molecule has 4 heteroatoms. The van der Waals surface area contributed by atoms with Gasteiger partial charge in [0, 0.05) is 12.0 Å². The highest BCUT2D eigenvalue weighted by atomic mass is 16.6. The molecule has 0 aromatic heterocycles. The molecule has 3 fully saturated rings. The second-order valence-electron chi connectivity index (χ2n) is 10.6. The summed E-state index contributed by atoms with van der Waals surface area (Å²) in [4.78, 5) is 12.7. The van der Waals surface area contributed by atoms with Gasteiger partial charge in [-0.1, -0.05) is 32.9 Å². The molecule has 4 rings (SSSR count). The van der Waals surface area contributed by atoms with Crippen LogP contribution in [0.2, 0.25) is 0 Å². The Labute approximate surface area is 180 Å². The van der Waals surface area contributed by atoms with E-state index in [1.54, 1.807) is 12.2 Å². The van der Waals surface area contributed by atoms with E-state index in [0.717, 1.165) is 23.8 Å². The van der Waals surface area contributed by atoms with E-state index in [-0.39, 0.29) is 30.2 Å². The van der Waals surface area contributed by atoms with Gasteiger partial charge in [0.15, 0.2) is 0 Å². The molecule has 30 heavy (non-hydrogen) atoms. The van der Waals surface area contributed by atoms with Crippen LogP contribution in [0.25, 0.3) is 6.08 Å². The summed E-state index contributed by atoms with van der Waals surface area (Å²) in [6.45, 7) is 9.70. The van der Waals surface area contributed by atoms with Gasteiger partial charge in [-0.3, -0.25) is 0 Å². The molecule has 3 aliphatic rings. The van der Waals surface area contributed by atoms with Crippen LogP contribution in [-0.2, 0) is 9.53 Å². The van der Waals surface area contributed by atoms with Crippen molar-refractivity contribution in [2.45, 2.75) is 65.4 Å². The number of fused-ring (bicyclic) bond motifs is 1. The lowest BCUT2D eigenvalue weighted by atomic mass is 9.64. The number of carbonyl (C=O) groups is 1. The number of aliphatic hydroxyl groups excluding tert-OH is 1. The van der Waals surface area contributed by atoms with E-state index in [0.29, 0.717) is 17.1 Å². The highest BCUT2D eigenvalue weighted by Crippen LogP contribution is 2.73. The average Bonchev–Trinajstić information content (AvgIpc) is 3.14. The lowest BCUT2D eigenvalue weighted by Gasteiger charge is -2.46. The smallest absolute Gasteiger partial charge is 0.331 e. The van der Waals surface area contributed by atoms with Crippen molar-refractivity contribution < 1.29 is 19.4 Å². The lowest BCUT2D eigenvalue weighted by molar-refractivity contribution is -0.167. The fourth-order valence-corrected chi connectivity index (χ4v) is 7.25. The standard InChI is InChI=1S/C26H36O4/c1-18-5-11-21-24(2,3)22-17-26(18,21)14-13-25(22,4)30-23(28)12-8-19-6-9-20(10-7-19)29-16-15-27/h6-10,12,18,21-22,27H,5,11,13-17H2,1-4H3/b12-8+/t18-,21+,22-,25-,26+/m1/s1. The van der Waals surface area contributed by atoms with Crippen LogP contribution in [-0.4, -0.2) is 29.9 Å². The summed E-state index contributed by atoms with van der Waals surface area (Å²) >= 11 is 0. The molecular weight excluding hydrogens is 376 g/mol. The van der Waals surface area contributed by atoms with Crippen molar-refractivity contribution in [2.75, 3.05) is 13.2 Å². The SMILES string of the molecule is C[C@@H]1CC[C@H]2C(C)(C)[C@H]3C[C@@]12CC[C@@]3(C)OC(=O)/C=C/c1ccc(OCCO)cc1. The first-order chi connectivity index (χ1) is 14.2. The molecule has 2 bridgehead atoms.